The SMILES string of the molecule is Cc1nnc(N=CN(C)C)nc1C. The lowest BCUT2D eigenvalue weighted by atomic mass is 10.4. The number of hydrogen-bond donors (Lipinski definition) is 0. The van der Waals surface area contributed by atoms with Crippen molar-refractivity contribution in [1.82, 2.24) is 20.1 Å². The molecule has 0 atom stereocenters. The van der Waals surface area contributed by atoms with Gasteiger partial charge in [-0.1, -0.05) is 0 Å². The van der Waals surface area contributed by atoms with Crippen molar-refractivity contribution >= 4 is 12.3 Å². The molecular weight excluding hydrogens is 166 g/mol. The summed E-state index contributed by atoms with van der Waals surface area (Å²) in [6.07, 6.45) is 1.64. The van der Waals surface area contributed by atoms with Crippen LogP contribution in [0.1, 0.15) is 11.4 Å². The number of aromatic nitrogens is 3. The number of aryl methyl sites for hydroxylation is 2. The van der Waals surface area contributed by atoms with Crippen LogP contribution < -0.4 is 0 Å². The van der Waals surface area contributed by atoms with Crippen LogP contribution in [0.2, 0.25) is 0 Å². The first kappa shape index (κ1) is 9.57. The smallest absolute Gasteiger partial charge is 0.270 e. The van der Waals surface area contributed by atoms with Gasteiger partial charge < -0.3 is 4.90 Å². The second-order valence-corrected chi connectivity index (χ2v) is 2.99. The summed E-state index contributed by atoms with van der Waals surface area (Å²) in [4.78, 5) is 9.99. The van der Waals surface area contributed by atoms with E-state index >= 15 is 0 Å². The van der Waals surface area contributed by atoms with Crippen molar-refractivity contribution in [2.45, 2.75) is 13.8 Å². The Morgan fingerprint density at radius 2 is 1.85 bits per heavy atom. The minimum atomic E-state index is 0.400. The molecule has 13 heavy (non-hydrogen) atoms. The highest BCUT2D eigenvalue weighted by Gasteiger charge is 1.98. The maximum absolute atomic E-state index is 4.15. The van der Waals surface area contributed by atoms with Gasteiger partial charge in [-0.05, 0) is 13.8 Å². The summed E-state index contributed by atoms with van der Waals surface area (Å²) in [6.45, 7) is 3.76. The van der Waals surface area contributed by atoms with Gasteiger partial charge in [0.05, 0.1) is 17.7 Å². The highest BCUT2D eigenvalue weighted by molar-refractivity contribution is 5.57. The summed E-state index contributed by atoms with van der Waals surface area (Å²) < 4.78 is 0. The molecule has 5 nitrogen and oxygen atoms in total. The molecule has 0 saturated heterocycles. The van der Waals surface area contributed by atoms with Crippen LogP contribution in [-0.4, -0.2) is 40.5 Å². The molecule has 0 aliphatic heterocycles. The second-order valence-electron chi connectivity index (χ2n) is 2.99. The largest absolute Gasteiger partial charge is 0.369 e. The van der Waals surface area contributed by atoms with Crippen LogP contribution in [0.15, 0.2) is 4.99 Å². The summed E-state index contributed by atoms with van der Waals surface area (Å²) in [5, 5.41) is 7.74. The van der Waals surface area contributed by atoms with E-state index in [-0.39, 0.29) is 0 Å². The van der Waals surface area contributed by atoms with Crippen molar-refractivity contribution in [3.63, 3.8) is 0 Å². The Morgan fingerprint density at radius 3 is 2.38 bits per heavy atom. The minimum absolute atomic E-state index is 0.400. The van der Waals surface area contributed by atoms with Gasteiger partial charge in [-0.15, -0.1) is 5.10 Å². The molecule has 0 aliphatic rings. The van der Waals surface area contributed by atoms with Crippen molar-refractivity contribution in [3.8, 4) is 0 Å². The van der Waals surface area contributed by atoms with Crippen LogP contribution in [0.5, 0.6) is 0 Å². The van der Waals surface area contributed by atoms with Crippen LogP contribution in [0.25, 0.3) is 0 Å². The predicted molar refractivity (Wildman–Crippen MR) is 51.1 cm³/mol. The zero-order chi connectivity index (χ0) is 9.84. The van der Waals surface area contributed by atoms with E-state index in [0.29, 0.717) is 5.95 Å². The molecular formula is C8H13N5. The molecule has 0 spiro atoms. The molecule has 0 aromatic carbocycles. The molecule has 70 valence electrons. The average molecular weight is 179 g/mol. The van der Waals surface area contributed by atoms with E-state index in [1.807, 2.05) is 32.8 Å². The lowest BCUT2D eigenvalue weighted by Crippen LogP contribution is -2.07. The van der Waals surface area contributed by atoms with Crippen molar-refractivity contribution < 1.29 is 0 Å². The van der Waals surface area contributed by atoms with Crippen LogP contribution in [-0.2, 0) is 0 Å². The number of rotatable bonds is 2. The molecule has 0 amide bonds. The number of hydrogen-bond acceptors (Lipinski definition) is 4. The molecule has 0 bridgehead atoms. The Labute approximate surface area is 77.5 Å². The third kappa shape index (κ3) is 2.77. The monoisotopic (exact) mass is 179 g/mol. The highest BCUT2D eigenvalue weighted by Crippen LogP contribution is 2.03. The predicted octanol–water partition coefficient (Wildman–Crippen LogP) is 0.710. The number of aliphatic imine (C=N–C) groups is 1. The molecule has 5 heteroatoms. The lowest BCUT2D eigenvalue weighted by molar-refractivity contribution is 0.642. The van der Waals surface area contributed by atoms with Crippen molar-refractivity contribution in [2.75, 3.05) is 14.1 Å². The Kier molecular flexibility index (Phi) is 2.89. The van der Waals surface area contributed by atoms with Gasteiger partial charge in [0.15, 0.2) is 0 Å². The van der Waals surface area contributed by atoms with E-state index in [4.69, 9.17) is 0 Å². The molecule has 0 radical (unpaired) electrons. The van der Waals surface area contributed by atoms with E-state index < -0.39 is 0 Å². The van der Waals surface area contributed by atoms with Gasteiger partial charge in [0.1, 0.15) is 0 Å². The average Bonchev–Trinajstić information content (AvgIpc) is 2.07. The van der Waals surface area contributed by atoms with Crippen molar-refractivity contribution in [2.24, 2.45) is 4.99 Å². The molecule has 1 rings (SSSR count). The van der Waals surface area contributed by atoms with Gasteiger partial charge in [0.25, 0.3) is 5.95 Å². The highest BCUT2D eigenvalue weighted by atomic mass is 15.2. The fourth-order valence-corrected chi connectivity index (χ4v) is 0.667. The van der Waals surface area contributed by atoms with Crippen molar-refractivity contribution in [1.29, 1.82) is 0 Å². The standard InChI is InChI=1S/C8H13N5/c1-6-7(2)11-12-8(10-6)9-5-13(3)4/h5H,1-4H3. The molecule has 0 aliphatic carbocycles. The molecule has 0 unspecified atom stereocenters. The molecule has 1 heterocycles. The maximum Gasteiger partial charge on any atom is 0.270 e. The molecule has 0 fully saturated rings. The fraction of sp³-hybridized carbons (Fsp3) is 0.500. The normalized spacial score (nSPS) is 10.8. The second kappa shape index (κ2) is 3.93. The fourth-order valence-electron chi connectivity index (χ4n) is 0.667. The van der Waals surface area contributed by atoms with Gasteiger partial charge in [-0.25, -0.2) is 9.98 Å². The van der Waals surface area contributed by atoms with E-state index in [1.54, 1.807) is 6.34 Å². The Balaban J connectivity index is 2.85. The lowest BCUT2D eigenvalue weighted by Gasteiger charge is -2.01. The van der Waals surface area contributed by atoms with Crippen LogP contribution >= 0.6 is 0 Å². The zero-order valence-corrected chi connectivity index (χ0v) is 8.31. The van der Waals surface area contributed by atoms with Gasteiger partial charge >= 0.3 is 0 Å². The van der Waals surface area contributed by atoms with Gasteiger partial charge in [-0.3, -0.25) is 0 Å². The molecule has 0 N–H and O–H groups in total. The molecule has 0 saturated carbocycles. The van der Waals surface area contributed by atoms with Crippen molar-refractivity contribution in [3.05, 3.63) is 11.4 Å². The van der Waals surface area contributed by atoms with E-state index in [9.17, 15) is 0 Å². The first-order chi connectivity index (χ1) is 6.09. The maximum atomic E-state index is 4.15. The first-order valence-electron chi connectivity index (χ1n) is 3.98. The summed E-state index contributed by atoms with van der Waals surface area (Å²) in [5.41, 5.74) is 1.70. The molecule has 1 aromatic rings. The Morgan fingerprint density at radius 1 is 1.15 bits per heavy atom. The van der Waals surface area contributed by atoms with Gasteiger partial charge in [0, 0.05) is 14.1 Å². The van der Waals surface area contributed by atoms with E-state index in [2.05, 4.69) is 20.2 Å². The van der Waals surface area contributed by atoms with Crippen LogP contribution in [0.4, 0.5) is 5.95 Å². The topological polar surface area (TPSA) is 54.3 Å². The van der Waals surface area contributed by atoms with E-state index in [1.165, 1.54) is 0 Å². The summed E-state index contributed by atoms with van der Waals surface area (Å²) in [6, 6.07) is 0. The van der Waals surface area contributed by atoms with Gasteiger partial charge in [0.2, 0.25) is 0 Å². The summed E-state index contributed by atoms with van der Waals surface area (Å²) in [5.74, 6) is 0.400. The summed E-state index contributed by atoms with van der Waals surface area (Å²) >= 11 is 0. The number of nitrogens with zero attached hydrogens (tertiary/aromatic N) is 5. The third-order valence-corrected chi connectivity index (χ3v) is 1.48. The Hall–Kier alpha value is -1.52. The summed E-state index contributed by atoms with van der Waals surface area (Å²) in [7, 11) is 3.77. The van der Waals surface area contributed by atoms with Crippen LogP contribution in [0.3, 0.4) is 0 Å². The minimum Gasteiger partial charge on any atom is -0.369 e. The van der Waals surface area contributed by atoms with E-state index in [0.717, 1.165) is 11.4 Å². The Bertz CT molecular complexity index is 318. The molecule has 1 aromatic heterocycles. The zero-order valence-electron chi connectivity index (χ0n) is 8.31. The third-order valence-electron chi connectivity index (χ3n) is 1.48. The van der Waals surface area contributed by atoms with Gasteiger partial charge in [-0.2, -0.15) is 5.10 Å². The first-order valence-corrected chi connectivity index (χ1v) is 3.98. The quantitative estimate of drug-likeness (QED) is 0.495. The van der Waals surface area contributed by atoms with Crippen LogP contribution in [0, 0.1) is 13.8 Å².